The summed E-state index contributed by atoms with van der Waals surface area (Å²) < 4.78 is 5.11. The van der Waals surface area contributed by atoms with E-state index >= 15 is 0 Å². The predicted octanol–water partition coefficient (Wildman–Crippen LogP) is 1.44. The molecule has 0 aliphatic rings. The summed E-state index contributed by atoms with van der Waals surface area (Å²) in [6.45, 7) is 0.0740. The Hall–Kier alpha value is -1.46. The summed E-state index contributed by atoms with van der Waals surface area (Å²) in [5.41, 5.74) is 2.85. The fourth-order valence-electron chi connectivity index (χ4n) is 1.14. The van der Waals surface area contributed by atoms with Gasteiger partial charge in [0.25, 0.3) is 5.91 Å². The number of amides is 1. The minimum Gasteiger partial charge on any atom is -0.495 e. The lowest BCUT2D eigenvalue weighted by Gasteiger charge is -2.10. The molecule has 1 aromatic rings. The number of hydrogen-bond donors (Lipinski definition) is 2. The van der Waals surface area contributed by atoms with E-state index in [0.29, 0.717) is 16.5 Å². The van der Waals surface area contributed by atoms with Crippen LogP contribution in [-0.4, -0.2) is 26.7 Å². The number of hydroxylamine groups is 1. The Kier molecular flexibility index (Phi) is 4.88. The van der Waals surface area contributed by atoms with Crippen LogP contribution in [0.1, 0.15) is 0 Å². The van der Waals surface area contributed by atoms with Crippen molar-refractivity contribution in [1.82, 2.24) is 5.48 Å². The van der Waals surface area contributed by atoms with Crippen molar-refractivity contribution in [3.8, 4) is 5.75 Å². The number of carbonyl (C=O) groups is 1. The van der Waals surface area contributed by atoms with Crippen molar-refractivity contribution in [1.29, 1.82) is 0 Å². The predicted molar refractivity (Wildman–Crippen MR) is 61.6 cm³/mol. The molecular weight excluding hydrogens is 232 g/mol. The molecule has 0 aliphatic heterocycles. The third-order valence-electron chi connectivity index (χ3n) is 1.82. The Morgan fingerprint density at radius 3 is 2.81 bits per heavy atom. The summed E-state index contributed by atoms with van der Waals surface area (Å²) in [7, 11) is 2.92. The van der Waals surface area contributed by atoms with Crippen LogP contribution in [0.2, 0.25) is 5.02 Å². The first-order valence-corrected chi connectivity index (χ1v) is 4.94. The van der Waals surface area contributed by atoms with Gasteiger partial charge >= 0.3 is 0 Å². The van der Waals surface area contributed by atoms with Crippen molar-refractivity contribution in [3.63, 3.8) is 0 Å². The molecule has 0 atom stereocenters. The van der Waals surface area contributed by atoms with E-state index in [-0.39, 0.29) is 12.5 Å². The molecule has 88 valence electrons. The molecule has 2 N–H and O–H groups in total. The van der Waals surface area contributed by atoms with Crippen molar-refractivity contribution in [2.45, 2.75) is 0 Å². The summed E-state index contributed by atoms with van der Waals surface area (Å²) >= 11 is 5.83. The van der Waals surface area contributed by atoms with E-state index in [0.717, 1.165) is 0 Å². The van der Waals surface area contributed by atoms with Crippen molar-refractivity contribution in [3.05, 3.63) is 23.2 Å². The molecule has 0 aromatic heterocycles. The molecular formula is C10H13ClN2O3. The SMILES string of the molecule is CONC(=O)CNc1cc(Cl)ccc1OC. The largest absolute Gasteiger partial charge is 0.495 e. The Morgan fingerprint density at radius 2 is 2.19 bits per heavy atom. The monoisotopic (exact) mass is 244 g/mol. The Morgan fingerprint density at radius 1 is 1.44 bits per heavy atom. The molecule has 0 bridgehead atoms. The van der Waals surface area contributed by atoms with Crippen molar-refractivity contribution in [2.75, 3.05) is 26.1 Å². The van der Waals surface area contributed by atoms with Crippen molar-refractivity contribution in [2.24, 2.45) is 0 Å². The topological polar surface area (TPSA) is 59.6 Å². The van der Waals surface area contributed by atoms with Crippen molar-refractivity contribution >= 4 is 23.2 Å². The number of hydrogen-bond acceptors (Lipinski definition) is 4. The van der Waals surface area contributed by atoms with E-state index in [1.54, 1.807) is 25.3 Å². The quantitative estimate of drug-likeness (QED) is 0.770. The zero-order valence-electron chi connectivity index (χ0n) is 9.04. The molecule has 0 heterocycles. The highest BCUT2D eigenvalue weighted by Gasteiger charge is 2.05. The van der Waals surface area contributed by atoms with Crippen LogP contribution >= 0.6 is 11.6 Å². The van der Waals surface area contributed by atoms with Gasteiger partial charge in [-0.2, -0.15) is 0 Å². The molecule has 1 amide bonds. The van der Waals surface area contributed by atoms with Gasteiger partial charge < -0.3 is 10.1 Å². The van der Waals surface area contributed by atoms with Gasteiger partial charge in [0.05, 0.1) is 26.5 Å². The molecule has 0 spiro atoms. The van der Waals surface area contributed by atoms with Crippen LogP contribution in [0.5, 0.6) is 5.75 Å². The van der Waals surface area contributed by atoms with Gasteiger partial charge in [0, 0.05) is 5.02 Å². The van der Waals surface area contributed by atoms with Crippen LogP contribution in [0.15, 0.2) is 18.2 Å². The van der Waals surface area contributed by atoms with Gasteiger partial charge in [-0.05, 0) is 18.2 Å². The average Bonchev–Trinajstić information content (AvgIpc) is 2.27. The summed E-state index contributed by atoms with van der Waals surface area (Å²) in [6.07, 6.45) is 0. The van der Waals surface area contributed by atoms with Crippen LogP contribution in [0.25, 0.3) is 0 Å². The van der Waals surface area contributed by atoms with E-state index in [4.69, 9.17) is 16.3 Å². The van der Waals surface area contributed by atoms with E-state index in [2.05, 4.69) is 15.6 Å². The third kappa shape index (κ3) is 3.60. The molecule has 0 fully saturated rings. The first-order chi connectivity index (χ1) is 7.67. The molecule has 6 heteroatoms. The molecule has 5 nitrogen and oxygen atoms in total. The molecule has 1 rings (SSSR count). The van der Waals surface area contributed by atoms with E-state index < -0.39 is 0 Å². The van der Waals surface area contributed by atoms with Gasteiger partial charge in [-0.25, -0.2) is 5.48 Å². The van der Waals surface area contributed by atoms with Crippen LogP contribution in [0.3, 0.4) is 0 Å². The number of carbonyl (C=O) groups excluding carboxylic acids is 1. The van der Waals surface area contributed by atoms with Gasteiger partial charge in [-0.15, -0.1) is 0 Å². The minimum atomic E-state index is -0.287. The number of methoxy groups -OCH3 is 1. The average molecular weight is 245 g/mol. The highest BCUT2D eigenvalue weighted by Crippen LogP contribution is 2.27. The number of rotatable bonds is 5. The van der Waals surface area contributed by atoms with Crippen LogP contribution in [0, 0.1) is 0 Å². The van der Waals surface area contributed by atoms with Crippen molar-refractivity contribution < 1.29 is 14.4 Å². The maximum Gasteiger partial charge on any atom is 0.262 e. The second-order valence-electron chi connectivity index (χ2n) is 2.93. The Balaban J connectivity index is 2.65. The lowest BCUT2D eigenvalue weighted by Crippen LogP contribution is -2.28. The highest BCUT2D eigenvalue weighted by molar-refractivity contribution is 6.30. The minimum absolute atomic E-state index is 0.0740. The Labute approximate surface area is 98.6 Å². The van der Waals surface area contributed by atoms with Gasteiger partial charge in [0.2, 0.25) is 0 Å². The standard InChI is InChI=1S/C10H13ClN2O3/c1-15-9-4-3-7(11)5-8(9)12-6-10(14)13-16-2/h3-5,12H,6H2,1-2H3,(H,13,14). The first-order valence-electron chi connectivity index (χ1n) is 4.56. The highest BCUT2D eigenvalue weighted by atomic mass is 35.5. The summed E-state index contributed by atoms with van der Waals surface area (Å²) in [4.78, 5) is 15.6. The zero-order chi connectivity index (χ0) is 12.0. The molecule has 0 saturated heterocycles. The molecule has 0 aliphatic carbocycles. The first kappa shape index (κ1) is 12.6. The maximum absolute atomic E-state index is 11.1. The fraction of sp³-hybridized carbons (Fsp3) is 0.300. The molecule has 0 saturated carbocycles. The number of ether oxygens (including phenoxy) is 1. The zero-order valence-corrected chi connectivity index (χ0v) is 9.80. The number of anilines is 1. The molecule has 1 aromatic carbocycles. The second-order valence-corrected chi connectivity index (χ2v) is 3.36. The summed E-state index contributed by atoms with van der Waals surface area (Å²) in [6, 6.07) is 5.11. The summed E-state index contributed by atoms with van der Waals surface area (Å²) in [5, 5.41) is 3.45. The van der Waals surface area contributed by atoms with Crippen LogP contribution in [0.4, 0.5) is 5.69 Å². The fourth-order valence-corrected chi connectivity index (χ4v) is 1.32. The molecule has 0 unspecified atom stereocenters. The lowest BCUT2D eigenvalue weighted by atomic mass is 10.3. The third-order valence-corrected chi connectivity index (χ3v) is 2.05. The number of halogens is 1. The number of nitrogens with one attached hydrogen (secondary N) is 2. The van der Waals surface area contributed by atoms with E-state index in [1.807, 2.05) is 0 Å². The van der Waals surface area contributed by atoms with Crippen LogP contribution < -0.4 is 15.5 Å². The second kappa shape index (κ2) is 6.19. The summed E-state index contributed by atoms with van der Waals surface area (Å²) in [5.74, 6) is 0.333. The molecule has 16 heavy (non-hydrogen) atoms. The van der Waals surface area contributed by atoms with E-state index in [1.165, 1.54) is 7.11 Å². The Bertz CT molecular complexity index is 371. The smallest absolute Gasteiger partial charge is 0.262 e. The lowest BCUT2D eigenvalue weighted by molar-refractivity contribution is -0.129. The van der Waals surface area contributed by atoms with Gasteiger partial charge in [0.15, 0.2) is 0 Å². The van der Waals surface area contributed by atoms with Gasteiger partial charge in [-0.1, -0.05) is 11.6 Å². The molecule has 0 radical (unpaired) electrons. The van der Waals surface area contributed by atoms with Gasteiger partial charge in [0.1, 0.15) is 5.75 Å². The van der Waals surface area contributed by atoms with Crippen LogP contribution in [-0.2, 0) is 9.63 Å². The number of benzene rings is 1. The maximum atomic E-state index is 11.1. The van der Waals surface area contributed by atoms with E-state index in [9.17, 15) is 4.79 Å². The van der Waals surface area contributed by atoms with Gasteiger partial charge in [-0.3, -0.25) is 9.63 Å². The normalized spacial score (nSPS) is 9.69.